The first-order chi connectivity index (χ1) is 36.9. The van der Waals surface area contributed by atoms with E-state index in [1.807, 2.05) is 63.6 Å². The minimum atomic E-state index is 0. The van der Waals surface area contributed by atoms with Crippen LogP contribution in [0.15, 0.2) is 126 Å². The van der Waals surface area contributed by atoms with Crippen LogP contribution in [0.4, 0.5) is 0 Å². The molecule has 9 rings (SSSR count). The molecule has 0 aliphatic carbocycles. The Labute approximate surface area is 529 Å². The summed E-state index contributed by atoms with van der Waals surface area (Å²) < 4.78 is 4.12. The molecule has 0 fully saturated rings. The van der Waals surface area contributed by atoms with Crippen molar-refractivity contribution < 1.29 is 0 Å². The van der Waals surface area contributed by atoms with Crippen LogP contribution in [0.25, 0.3) is 0 Å². The van der Waals surface area contributed by atoms with Crippen LogP contribution in [-0.2, 0) is 37.9 Å². The summed E-state index contributed by atoms with van der Waals surface area (Å²) in [4.78, 5) is 28.2. The zero-order chi connectivity index (χ0) is 62.2. The van der Waals surface area contributed by atoms with E-state index in [4.69, 9.17) is 0 Å². The van der Waals surface area contributed by atoms with Gasteiger partial charge in [-0.1, -0.05) is 219 Å². The average Bonchev–Trinajstić information content (AvgIpc) is 4.21. The van der Waals surface area contributed by atoms with Crippen LogP contribution in [0.3, 0.4) is 0 Å². The molecule has 7 nitrogen and oxygen atoms in total. The second kappa shape index (κ2) is 35.1. The highest BCUT2D eigenvalue weighted by Crippen LogP contribution is 2.30. The van der Waals surface area contributed by atoms with Crippen LogP contribution in [-0.4, -0.2) is 42.8 Å². The van der Waals surface area contributed by atoms with E-state index in [0.29, 0.717) is 16.2 Å². The van der Waals surface area contributed by atoms with E-state index in [1.165, 1.54) is 53.3 Å². The van der Waals surface area contributed by atoms with E-state index in [2.05, 4.69) is 291 Å². The van der Waals surface area contributed by atoms with Crippen LogP contribution in [0.1, 0.15) is 237 Å². The summed E-state index contributed by atoms with van der Waals surface area (Å²) in [5.74, 6) is 0.938. The molecule has 0 radical (unpaired) electrons. The smallest absolute Gasteiger partial charge is 0.147 e. The van der Waals surface area contributed by atoms with Gasteiger partial charge in [0.25, 0.3) is 0 Å². The van der Waals surface area contributed by atoms with E-state index in [0.717, 1.165) is 18.8 Å². The van der Waals surface area contributed by atoms with Gasteiger partial charge in [0.1, 0.15) is 11.3 Å². The predicted molar refractivity (Wildman–Crippen MR) is 378 cm³/mol. The molecular formula is C68H109N7S7. The SMILES string of the molecule is C.CC(C)(C)C1=CCC=N1.CC(C)(C)C1=NCC=C1.CC(C)(C)c1cccs1.CC(C)(C)c1cccs1.CC(C)(C)c1ccsc1.CC(C)(C)c1nccs1.CC(C)(C)c1nccs1.CC(C)(C)c1nccs1.CC(C)(C)c1ncsn1. The Bertz CT molecular complexity index is 2270. The molecule has 0 spiro atoms. The van der Waals surface area contributed by atoms with Crippen molar-refractivity contribution in [1.82, 2.24) is 24.3 Å². The quantitative estimate of drug-likeness (QED) is 0.151. The van der Waals surface area contributed by atoms with E-state index >= 15 is 0 Å². The number of aliphatic imine (C=N–C) groups is 2. The van der Waals surface area contributed by atoms with Crippen molar-refractivity contribution in [3.63, 3.8) is 0 Å². The maximum absolute atomic E-state index is 4.31. The van der Waals surface area contributed by atoms with Gasteiger partial charge < -0.3 is 0 Å². The van der Waals surface area contributed by atoms with E-state index in [1.54, 1.807) is 50.9 Å². The number of nitrogens with zero attached hydrogens (tertiary/aromatic N) is 7. The summed E-state index contributed by atoms with van der Waals surface area (Å²) in [6, 6.07) is 10.8. The summed E-state index contributed by atoms with van der Waals surface area (Å²) in [7, 11) is 0. The van der Waals surface area contributed by atoms with Gasteiger partial charge in [-0.2, -0.15) is 15.7 Å². The van der Waals surface area contributed by atoms with Crippen molar-refractivity contribution >= 4 is 91.5 Å². The minimum absolute atomic E-state index is 0. The number of hydrogen-bond acceptors (Lipinski definition) is 14. The lowest BCUT2D eigenvalue weighted by atomic mass is 9.90. The first-order valence-corrected chi connectivity index (χ1v) is 34.1. The summed E-state index contributed by atoms with van der Waals surface area (Å²) >= 11 is 12.0. The van der Waals surface area contributed by atoms with Gasteiger partial charge in [0, 0.05) is 101 Å². The largest absolute Gasteiger partial charge is 0.285 e. The lowest BCUT2D eigenvalue weighted by molar-refractivity contribution is 0.500. The molecule has 0 N–H and O–H groups in total. The molecule has 9 heterocycles. The fraction of sp³-hybridized carbons (Fsp3) is 0.574. The molecule has 82 heavy (non-hydrogen) atoms. The van der Waals surface area contributed by atoms with E-state index in [9.17, 15) is 0 Å². The lowest BCUT2D eigenvalue weighted by Gasteiger charge is -2.16. The van der Waals surface area contributed by atoms with Crippen molar-refractivity contribution in [3.8, 4) is 0 Å². The Kier molecular flexibility index (Phi) is 33.6. The average molecular weight is 1250 g/mol. The summed E-state index contributed by atoms with van der Waals surface area (Å²) in [6.07, 6.45) is 14.9. The van der Waals surface area contributed by atoms with Crippen LogP contribution in [0.5, 0.6) is 0 Å². The number of thiazole rings is 3. The van der Waals surface area contributed by atoms with Crippen LogP contribution < -0.4 is 0 Å². The van der Waals surface area contributed by atoms with Crippen LogP contribution >= 0.6 is 79.6 Å². The zero-order valence-electron chi connectivity index (χ0n) is 54.9. The Morgan fingerprint density at radius 3 is 1.01 bits per heavy atom. The van der Waals surface area contributed by atoms with Crippen molar-refractivity contribution in [2.24, 2.45) is 20.8 Å². The van der Waals surface area contributed by atoms with Gasteiger partial charge in [0.05, 0.1) is 21.6 Å². The van der Waals surface area contributed by atoms with Gasteiger partial charge in [-0.15, -0.1) is 56.7 Å². The molecule has 2 aliphatic heterocycles. The topological polar surface area (TPSA) is 89.2 Å². The molecular weight excluding hydrogens is 1140 g/mol. The molecule has 0 atom stereocenters. The van der Waals surface area contributed by atoms with Crippen molar-refractivity contribution in [3.05, 3.63) is 152 Å². The number of allylic oxidation sites excluding steroid dienone is 3. The first kappa shape index (κ1) is 78.4. The molecule has 0 saturated heterocycles. The molecule has 0 aromatic carbocycles. The van der Waals surface area contributed by atoms with Crippen molar-refractivity contribution in [2.75, 3.05) is 6.54 Å². The minimum Gasteiger partial charge on any atom is -0.285 e. The normalized spacial score (nSPS) is 13.2. The Balaban J connectivity index is 0.000000899. The maximum Gasteiger partial charge on any atom is 0.147 e. The highest BCUT2D eigenvalue weighted by atomic mass is 32.1. The van der Waals surface area contributed by atoms with Gasteiger partial charge in [-0.05, 0) is 79.1 Å². The molecule has 2 aliphatic rings. The Hall–Kier alpha value is -3.63. The van der Waals surface area contributed by atoms with E-state index < -0.39 is 0 Å². The number of aromatic nitrogens is 5. The second-order valence-electron chi connectivity index (χ2n) is 28.7. The Morgan fingerprint density at radius 1 is 0.427 bits per heavy atom. The number of rotatable bonds is 0. The van der Waals surface area contributed by atoms with Gasteiger partial charge in [-0.25, -0.2) is 19.9 Å². The Morgan fingerprint density at radius 2 is 0.866 bits per heavy atom. The first-order valence-electron chi connectivity index (χ1n) is 28.0. The molecule has 14 heteroatoms. The lowest BCUT2D eigenvalue weighted by Crippen LogP contribution is -2.16. The molecule has 0 unspecified atom stereocenters. The molecule has 458 valence electrons. The summed E-state index contributed by atoms with van der Waals surface area (Å²) in [5, 5.41) is 18.3. The van der Waals surface area contributed by atoms with Gasteiger partial charge >= 0.3 is 0 Å². The molecule has 0 saturated carbocycles. The van der Waals surface area contributed by atoms with Crippen LogP contribution in [0, 0.1) is 10.8 Å². The van der Waals surface area contributed by atoms with Gasteiger partial charge in [0.15, 0.2) is 0 Å². The van der Waals surface area contributed by atoms with Crippen LogP contribution in [0.2, 0.25) is 0 Å². The van der Waals surface area contributed by atoms with Gasteiger partial charge in [-0.3, -0.25) is 9.98 Å². The van der Waals surface area contributed by atoms with Crippen molar-refractivity contribution in [1.29, 1.82) is 0 Å². The summed E-state index contributed by atoms with van der Waals surface area (Å²) in [6.45, 7) is 59.9. The van der Waals surface area contributed by atoms with Gasteiger partial charge in [0.2, 0.25) is 0 Å². The maximum atomic E-state index is 4.31. The third-order valence-electron chi connectivity index (χ3n) is 11.0. The van der Waals surface area contributed by atoms with E-state index in [-0.39, 0.29) is 39.9 Å². The fourth-order valence-electron chi connectivity index (χ4n) is 6.11. The summed E-state index contributed by atoms with van der Waals surface area (Å²) in [5.41, 5.74) is 7.96. The molecule has 7 aromatic heterocycles. The third kappa shape index (κ3) is 33.8. The number of thiophene rings is 3. The fourth-order valence-corrected chi connectivity index (χ4v) is 11.4. The highest BCUT2D eigenvalue weighted by Gasteiger charge is 2.21. The second-order valence-corrected chi connectivity index (χ2v) is 34.7. The van der Waals surface area contributed by atoms with Crippen molar-refractivity contribution in [2.45, 2.75) is 239 Å². The molecule has 0 bridgehead atoms. The highest BCUT2D eigenvalue weighted by molar-refractivity contribution is 7.11. The third-order valence-corrected chi connectivity index (χ3v) is 18.3. The predicted octanol–water partition coefficient (Wildman–Crippen LogP) is 23.4. The molecule has 7 aromatic rings. The zero-order valence-corrected chi connectivity index (χ0v) is 60.7. The molecule has 0 amide bonds. The monoisotopic (exact) mass is 1250 g/mol. The number of hydrogen-bond donors (Lipinski definition) is 0. The standard InChI is InChI=1S/2C8H13N.3C8H12S.3C7H11NS.C6H10N2S.CH4/c2*1-8(2,3)7-5-4-6-9-7;1-8(2,3)7-4-5-9-6-7;2*1-8(2,3)7-5-4-6-9-7;3*1-7(2,3)6-8-4-5-9-6;1-6(2,3)5-7-4-9-8-5;/h5-6H,4H2,1-3H3;4-5H,6H2,1-3H3;3*4-6H,1-3H3;3*4-5H,1-3H3;4H,1-3H3;1H4.